The summed E-state index contributed by atoms with van der Waals surface area (Å²) in [5.41, 5.74) is 5.45. The fourth-order valence-corrected chi connectivity index (χ4v) is 1.69. The van der Waals surface area contributed by atoms with Crippen LogP contribution in [0.2, 0.25) is 0 Å². The summed E-state index contributed by atoms with van der Waals surface area (Å²) in [6, 6.07) is 0.624. The van der Waals surface area contributed by atoms with Gasteiger partial charge in [0, 0.05) is 12.5 Å². The summed E-state index contributed by atoms with van der Waals surface area (Å²) in [6.07, 6.45) is 5.29. The lowest BCUT2D eigenvalue weighted by molar-refractivity contribution is 0.199. The normalized spacial score (nSPS) is 14.4. The third kappa shape index (κ3) is 6.67. The van der Waals surface area contributed by atoms with Crippen molar-refractivity contribution in [2.24, 2.45) is 10.9 Å². The first kappa shape index (κ1) is 15.2. The molecule has 16 heavy (non-hydrogen) atoms. The quantitative estimate of drug-likeness (QED) is 0.276. The number of hydrogen-bond acceptors (Lipinski definition) is 3. The molecule has 0 aromatic carbocycles. The van der Waals surface area contributed by atoms with Crippen molar-refractivity contribution in [1.29, 1.82) is 0 Å². The minimum absolute atomic E-state index is 0.333. The summed E-state index contributed by atoms with van der Waals surface area (Å²) in [5, 5.41) is 11.4. The van der Waals surface area contributed by atoms with Gasteiger partial charge in [-0.25, -0.2) is 0 Å². The Kier molecular flexibility index (Phi) is 9.00. The third-order valence-electron chi connectivity index (χ3n) is 3.02. The van der Waals surface area contributed by atoms with Crippen molar-refractivity contribution in [3.8, 4) is 0 Å². The standard InChI is InChI=1S/C12H27N3O/c1-4-6-9-15(11(3)5-2)10-7-8-12(13)14-16/h11,16H,4-10H2,1-3H3,(H2,13,14). The maximum absolute atomic E-state index is 8.45. The highest BCUT2D eigenvalue weighted by Crippen LogP contribution is 2.07. The minimum Gasteiger partial charge on any atom is -0.409 e. The van der Waals surface area contributed by atoms with E-state index in [1.54, 1.807) is 0 Å². The molecule has 0 fully saturated rings. The fraction of sp³-hybridized carbons (Fsp3) is 0.917. The van der Waals surface area contributed by atoms with Crippen LogP contribution in [-0.2, 0) is 0 Å². The number of oxime groups is 1. The zero-order chi connectivity index (χ0) is 12.4. The van der Waals surface area contributed by atoms with Gasteiger partial charge in [0.2, 0.25) is 0 Å². The summed E-state index contributed by atoms with van der Waals surface area (Å²) in [4.78, 5) is 2.49. The number of rotatable bonds is 9. The van der Waals surface area contributed by atoms with Crippen LogP contribution in [0, 0.1) is 0 Å². The summed E-state index contributed by atoms with van der Waals surface area (Å²) < 4.78 is 0. The highest BCUT2D eigenvalue weighted by Gasteiger charge is 2.10. The average molecular weight is 229 g/mol. The molecule has 0 spiro atoms. The predicted molar refractivity (Wildman–Crippen MR) is 68.9 cm³/mol. The van der Waals surface area contributed by atoms with E-state index in [2.05, 4.69) is 30.8 Å². The SMILES string of the molecule is CCCCN(CCCC(N)=NO)C(C)CC. The molecule has 0 saturated carbocycles. The first-order valence-electron chi connectivity index (χ1n) is 6.36. The topological polar surface area (TPSA) is 61.8 Å². The second-order valence-electron chi connectivity index (χ2n) is 4.34. The second-order valence-corrected chi connectivity index (χ2v) is 4.34. The van der Waals surface area contributed by atoms with Crippen LogP contribution in [0.1, 0.15) is 52.9 Å². The van der Waals surface area contributed by atoms with Crippen molar-refractivity contribution in [2.75, 3.05) is 13.1 Å². The Labute approximate surface area is 99.5 Å². The molecule has 0 amide bonds. The zero-order valence-corrected chi connectivity index (χ0v) is 10.9. The van der Waals surface area contributed by atoms with Crippen LogP contribution in [0.25, 0.3) is 0 Å². The van der Waals surface area contributed by atoms with Gasteiger partial charge >= 0.3 is 0 Å². The summed E-state index contributed by atoms with van der Waals surface area (Å²) in [7, 11) is 0. The molecule has 0 radical (unpaired) electrons. The van der Waals surface area contributed by atoms with Crippen LogP contribution in [0.3, 0.4) is 0 Å². The molecule has 1 unspecified atom stereocenters. The van der Waals surface area contributed by atoms with E-state index in [0.717, 1.165) is 19.5 Å². The van der Waals surface area contributed by atoms with Gasteiger partial charge in [-0.3, -0.25) is 0 Å². The molecule has 0 heterocycles. The molecular weight excluding hydrogens is 202 g/mol. The molecule has 4 nitrogen and oxygen atoms in total. The van der Waals surface area contributed by atoms with Gasteiger partial charge in [-0.1, -0.05) is 25.4 Å². The van der Waals surface area contributed by atoms with E-state index in [1.807, 2.05) is 0 Å². The number of amidine groups is 1. The molecule has 0 aliphatic heterocycles. The Balaban J connectivity index is 3.91. The number of hydrogen-bond donors (Lipinski definition) is 2. The van der Waals surface area contributed by atoms with E-state index < -0.39 is 0 Å². The van der Waals surface area contributed by atoms with Crippen molar-refractivity contribution in [3.63, 3.8) is 0 Å². The first-order chi connectivity index (χ1) is 7.65. The number of nitrogens with two attached hydrogens (primary N) is 1. The van der Waals surface area contributed by atoms with E-state index in [9.17, 15) is 0 Å². The lowest BCUT2D eigenvalue weighted by Gasteiger charge is -2.28. The van der Waals surface area contributed by atoms with E-state index in [4.69, 9.17) is 10.9 Å². The monoisotopic (exact) mass is 229 g/mol. The maximum atomic E-state index is 8.45. The van der Waals surface area contributed by atoms with Gasteiger partial charge in [0.05, 0.1) is 0 Å². The van der Waals surface area contributed by atoms with Crippen LogP contribution < -0.4 is 5.73 Å². The Hall–Kier alpha value is -0.770. The Morgan fingerprint density at radius 3 is 2.44 bits per heavy atom. The molecule has 0 bridgehead atoms. The van der Waals surface area contributed by atoms with E-state index in [-0.39, 0.29) is 0 Å². The van der Waals surface area contributed by atoms with Crippen LogP contribution >= 0.6 is 0 Å². The molecule has 0 aliphatic carbocycles. The van der Waals surface area contributed by atoms with Crippen LogP contribution in [0.15, 0.2) is 5.16 Å². The minimum atomic E-state index is 0.333. The first-order valence-corrected chi connectivity index (χ1v) is 6.36. The van der Waals surface area contributed by atoms with Crippen molar-refractivity contribution in [2.45, 2.75) is 58.9 Å². The average Bonchev–Trinajstić information content (AvgIpc) is 2.32. The number of unbranched alkanes of at least 4 members (excludes halogenated alkanes) is 1. The third-order valence-corrected chi connectivity index (χ3v) is 3.02. The summed E-state index contributed by atoms with van der Waals surface area (Å²) >= 11 is 0. The molecule has 0 saturated heterocycles. The zero-order valence-electron chi connectivity index (χ0n) is 10.9. The van der Waals surface area contributed by atoms with Gasteiger partial charge in [-0.2, -0.15) is 0 Å². The van der Waals surface area contributed by atoms with Gasteiger partial charge in [0.1, 0.15) is 5.84 Å². The van der Waals surface area contributed by atoms with Gasteiger partial charge in [-0.15, -0.1) is 0 Å². The molecule has 0 aliphatic rings. The van der Waals surface area contributed by atoms with Gasteiger partial charge in [0.15, 0.2) is 0 Å². The fourth-order valence-electron chi connectivity index (χ4n) is 1.69. The van der Waals surface area contributed by atoms with Crippen molar-refractivity contribution in [3.05, 3.63) is 0 Å². The Bertz CT molecular complexity index is 195. The highest BCUT2D eigenvalue weighted by atomic mass is 16.4. The lowest BCUT2D eigenvalue weighted by atomic mass is 10.1. The van der Waals surface area contributed by atoms with Crippen LogP contribution in [0.5, 0.6) is 0 Å². The maximum Gasteiger partial charge on any atom is 0.139 e. The second kappa shape index (κ2) is 9.46. The van der Waals surface area contributed by atoms with E-state index in [0.29, 0.717) is 18.3 Å². The molecule has 0 rings (SSSR count). The molecule has 0 aromatic rings. The van der Waals surface area contributed by atoms with Crippen LogP contribution in [0.4, 0.5) is 0 Å². The molecule has 4 heteroatoms. The summed E-state index contributed by atoms with van der Waals surface area (Å²) in [5.74, 6) is 0.333. The number of nitrogens with zero attached hydrogens (tertiary/aromatic N) is 2. The van der Waals surface area contributed by atoms with Crippen molar-refractivity contribution in [1.82, 2.24) is 4.90 Å². The molecule has 3 N–H and O–H groups in total. The van der Waals surface area contributed by atoms with Gasteiger partial charge < -0.3 is 15.8 Å². The van der Waals surface area contributed by atoms with E-state index in [1.165, 1.54) is 19.3 Å². The van der Waals surface area contributed by atoms with Crippen molar-refractivity contribution < 1.29 is 5.21 Å². The highest BCUT2D eigenvalue weighted by molar-refractivity contribution is 5.79. The molecule has 1 atom stereocenters. The van der Waals surface area contributed by atoms with Gasteiger partial charge in [-0.05, 0) is 39.3 Å². The molecule has 96 valence electrons. The van der Waals surface area contributed by atoms with E-state index >= 15 is 0 Å². The predicted octanol–water partition coefficient (Wildman–Crippen LogP) is 2.41. The Morgan fingerprint density at radius 1 is 1.31 bits per heavy atom. The summed E-state index contributed by atoms with van der Waals surface area (Å²) in [6.45, 7) is 8.88. The molecule has 0 aromatic heterocycles. The van der Waals surface area contributed by atoms with Crippen LogP contribution in [-0.4, -0.2) is 35.1 Å². The lowest BCUT2D eigenvalue weighted by Crippen LogP contribution is -2.34. The van der Waals surface area contributed by atoms with Gasteiger partial charge in [0.25, 0.3) is 0 Å². The Morgan fingerprint density at radius 2 is 1.94 bits per heavy atom. The van der Waals surface area contributed by atoms with Crippen molar-refractivity contribution >= 4 is 5.84 Å². The molecular formula is C12H27N3O. The largest absolute Gasteiger partial charge is 0.409 e. The smallest absolute Gasteiger partial charge is 0.139 e.